The molecule has 0 radical (unpaired) electrons. The van der Waals surface area contributed by atoms with Crippen LogP contribution in [0.15, 0.2) is 0 Å². The molecular formula is Ca2MgO5P+. The van der Waals surface area contributed by atoms with E-state index in [-0.39, 0.29) is 104 Å². The summed E-state index contributed by atoms with van der Waals surface area (Å²) in [4.78, 5) is 25.6. The second kappa shape index (κ2) is 13.9. The third-order valence-electron chi connectivity index (χ3n) is 0. The van der Waals surface area contributed by atoms with E-state index in [1.807, 2.05) is 0 Å². The van der Waals surface area contributed by atoms with Crippen LogP contribution in [0.25, 0.3) is 0 Å². The molecule has 9 heavy (non-hydrogen) atoms. The molecule has 0 aliphatic rings. The van der Waals surface area contributed by atoms with E-state index in [1.165, 1.54) is 0 Å². The van der Waals surface area contributed by atoms with E-state index in [0.29, 0.717) is 0 Å². The predicted molar refractivity (Wildman–Crippen MR) is 25.6 cm³/mol. The number of hydrogen-bond donors (Lipinski definition) is 0. The standard InChI is InChI=1S/2Ca.Mg.H3O4P.O/c;;;1-5(2,3)4;/h;;;(H3,1,2,3,4);/q3*+2;;-2/p-3. The van der Waals surface area contributed by atoms with Gasteiger partial charge in [-0.15, -0.1) is 0 Å². The van der Waals surface area contributed by atoms with E-state index in [1.54, 1.807) is 0 Å². The first kappa shape index (κ1) is 29.4. The summed E-state index contributed by atoms with van der Waals surface area (Å²) >= 11 is 0. The zero-order valence-corrected chi connectivity index (χ0v) is 11.3. The first-order valence-corrected chi connectivity index (χ1v) is 2.19. The zero-order chi connectivity index (χ0) is 4.50. The molecule has 0 unspecified atom stereocenters. The topological polar surface area (TPSA) is 115 Å². The summed E-state index contributed by atoms with van der Waals surface area (Å²) in [6.45, 7) is 0. The Hall–Kier alpha value is 3.36. The van der Waals surface area contributed by atoms with Crippen molar-refractivity contribution in [3.63, 3.8) is 0 Å². The van der Waals surface area contributed by atoms with Crippen LogP contribution in [0, 0.1) is 0 Å². The molecule has 0 aromatic carbocycles. The van der Waals surface area contributed by atoms with Gasteiger partial charge < -0.3 is 24.7 Å². The molecular weight excluding hydrogens is 215 g/mol. The molecule has 0 aliphatic heterocycles. The molecule has 0 N–H and O–H groups in total. The Kier molecular flexibility index (Phi) is 45.5. The average Bonchev–Trinajstić information content (AvgIpc) is 0.722. The number of phosphoric acid groups is 1. The minimum atomic E-state index is -5.39. The van der Waals surface area contributed by atoms with Crippen LogP contribution in [0.1, 0.15) is 0 Å². The molecule has 5 nitrogen and oxygen atoms in total. The van der Waals surface area contributed by atoms with Crippen molar-refractivity contribution in [1.82, 2.24) is 0 Å². The van der Waals surface area contributed by atoms with Crippen LogP contribution in [0.3, 0.4) is 0 Å². The molecule has 0 saturated carbocycles. The second-order valence-electron chi connectivity index (χ2n) is 0.447. The number of hydrogen-bond acceptors (Lipinski definition) is 4. The molecule has 9 heteroatoms. The van der Waals surface area contributed by atoms with Crippen LogP contribution in [0.5, 0.6) is 0 Å². The Morgan fingerprint density at radius 1 is 1.00 bits per heavy atom. The molecule has 0 rings (SSSR count). The molecule has 0 aromatic heterocycles. The minimum Gasteiger partial charge on any atom is -2.00 e. The van der Waals surface area contributed by atoms with E-state index in [9.17, 15) is 0 Å². The van der Waals surface area contributed by atoms with Gasteiger partial charge in [-0.1, -0.05) is 0 Å². The SMILES string of the molecule is O=P([O-])([O-])[O-].[Ca+2].[Ca+2].[Mg+2].[O-2]. The van der Waals surface area contributed by atoms with Crippen molar-refractivity contribution in [2.24, 2.45) is 0 Å². The molecule has 0 bridgehead atoms. The van der Waals surface area contributed by atoms with Crippen LogP contribution < -0.4 is 14.7 Å². The maximum atomic E-state index is 8.55. The van der Waals surface area contributed by atoms with E-state index in [4.69, 9.17) is 19.2 Å². The average molecular weight is 215 g/mol. The maximum absolute atomic E-state index is 8.55. The van der Waals surface area contributed by atoms with Gasteiger partial charge in [0.1, 0.15) is 0 Å². The molecule has 0 saturated heterocycles. The molecule has 0 amide bonds. The first-order valence-electron chi connectivity index (χ1n) is 0.730. The van der Waals surface area contributed by atoms with Crippen LogP contribution in [0.2, 0.25) is 0 Å². The summed E-state index contributed by atoms with van der Waals surface area (Å²) < 4.78 is 8.55. The van der Waals surface area contributed by atoms with Gasteiger partial charge in [-0.3, -0.25) is 0 Å². The third kappa shape index (κ3) is 88.3. The summed E-state index contributed by atoms with van der Waals surface area (Å²) in [5, 5.41) is 0. The smallest absolute Gasteiger partial charge is 2.00 e. The van der Waals surface area contributed by atoms with E-state index in [2.05, 4.69) is 0 Å². The van der Waals surface area contributed by atoms with Crippen molar-refractivity contribution in [2.45, 2.75) is 0 Å². The summed E-state index contributed by atoms with van der Waals surface area (Å²) in [7, 11) is -5.39. The van der Waals surface area contributed by atoms with Crippen molar-refractivity contribution in [3.05, 3.63) is 0 Å². The van der Waals surface area contributed by atoms with Crippen LogP contribution in [-0.2, 0) is 10.0 Å². The van der Waals surface area contributed by atoms with Gasteiger partial charge in [-0.05, 0) is 0 Å². The fourth-order valence-corrected chi connectivity index (χ4v) is 0. The summed E-state index contributed by atoms with van der Waals surface area (Å²) in [5.74, 6) is 0. The van der Waals surface area contributed by atoms with Crippen molar-refractivity contribution in [1.29, 1.82) is 0 Å². The Balaban J connectivity index is -0.0000000133. The van der Waals surface area contributed by atoms with Gasteiger partial charge in [0.05, 0.1) is 0 Å². The quantitative estimate of drug-likeness (QED) is 0.302. The monoisotopic (exact) mass is 215 g/mol. The van der Waals surface area contributed by atoms with Gasteiger partial charge in [0.2, 0.25) is 0 Å². The fourth-order valence-electron chi connectivity index (χ4n) is 0. The van der Waals surface area contributed by atoms with Gasteiger partial charge in [0, 0.05) is 0 Å². The van der Waals surface area contributed by atoms with Gasteiger partial charge >= 0.3 is 98.5 Å². The predicted octanol–water partition coefficient (Wildman–Crippen LogP) is -4.09. The molecule has 0 aliphatic carbocycles. The van der Waals surface area contributed by atoms with Crippen molar-refractivity contribution >= 4 is 106 Å². The number of rotatable bonds is 0. The van der Waals surface area contributed by atoms with Gasteiger partial charge in [0.25, 0.3) is 0 Å². The summed E-state index contributed by atoms with van der Waals surface area (Å²) in [5.41, 5.74) is 0. The molecule has 0 atom stereocenters. The van der Waals surface area contributed by atoms with Gasteiger partial charge in [-0.25, -0.2) is 0 Å². The van der Waals surface area contributed by atoms with Gasteiger partial charge in [0.15, 0.2) is 0 Å². The van der Waals surface area contributed by atoms with E-state index in [0.717, 1.165) is 0 Å². The van der Waals surface area contributed by atoms with Crippen LogP contribution in [0.4, 0.5) is 0 Å². The largest absolute Gasteiger partial charge is 2.00 e. The maximum Gasteiger partial charge on any atom is 2.00 e. The summed E-state index contributed by atoms with van der Waals surface area (Å²) in [6, 6.07) is 0. The molecule has 0 fully saturated rings. The minimum absolute atomic E-state index is 0. The Morgan fingerprint density at radius 3 is 1.00 bits per heavy atom. The van der Waals surface area contributed by atoms with Crippen LogP contribution >= 0.6 is 7.82 Å². The zero-order valence-electron chi connectivity index (χ0n) is 4.61. The van der Waals surface area contributed by atoms with Crippen molar-refractivity contribution in [2.75, 3.05) is 0 Å². The summed E-state index contributed by atoms with van der Waals surface area (Å²) in [6.07, 6.45) is 0. The molecule has 40 valence electrons. The molecule has 0 spiro atoms. The molecule has 0 heterocycles. The third-order valence-corrected chi connectivity index (χ3v) is 0. The van der Waals surface area contributed by atoms with Crippen LogP contribution in [-0.4, -0.2) is 98.5 Å². The molecule has 0 aromatic rings. The Bertz CT molecular complexity index is 61.1. The first-order chi connectivity index (χ1) is 2.00. The van der Waals surface area contributed by atoms with Gasteiger partial charge in [-0.2, -0.15) is 7.82 Å². The fraction of sp³-hybridized carbons (Fsp3) is 0. The second-order valence-corrected chi connectivity index (χ2v) is 1.34. The normalized spacial score (nSPS) is 6.56. The van der Waals surface area contributed by atoms with E-state index < -0.39 is 7.82 Å². The van der Waals surface area contributed by atoms with E-state index >= 15 is 0 Å². The van der Waals surface area contributed by atoms with Crippen molar-refractivity contribution < 1.29 is 24.7 Å². The Labute approximate surface area is 128 Å². The Morgan fingerprint density at radius 2 is 1.00 bits per heavy atom. The van der Waals surface area contributed by atoms with Crippen molar-refractivity contribution in [3.8, 4) is 0 Å².